The maximum Gasteiger partial charge on any atom is 0.339 e. The smallest absolute Gasteiger partial charge is 0.339 e. The molecule has 20 heavy (non-hydrogen) atoms. The summed E-state index contributed by atoms with van der Waals surface area (Å²) in [5.74, 6) is 0. The Hall–Kier alpha value is -1.63. The van der Waals surface area contributed by atoms with Crippen molar-refractivity contribution in [2.45, 2.75) is 19.4 Å². The van der Waals surface area contributed by atoms with Gasteiger partial charge in [0.2, 0.25) is 0 Å². The molecule has 0 saturated carbocycles. The predicted octanol–water partition coefficient (Wildman–Crippen LogP) is 3.57. The second-order valence-corrected chi connectivity index (χ2v) is 6.57. The standard InChI is InChI=1S/C14H16N2O2S2/c1-10(16(18)14(15)17)4-5-11-6-7-13(20-11)9-12-3-2-8-19-12/h2-8,10,18H,9H2,1H3,(H2,15,17)/b5-4-/t10-/m1/s1. The van der Waals surface area contributed by atoms with Crippen LogP contribution in [0, 0.1) is 0 Å². The Labute approximate surface area is 125 Å². The molecule has 0 saturated heterocycles. The highest BCUT2D eigenvalue weighted by atomic mass is 32.1. The van der Waals surface area contributed by atoms with Crippen LogP contribution in [0.3, 0.4) is 0 Å². The van der Waals surface area contributed by atoms with E-state index in [1.54, 1.807) is 35.7 Å². The summed E-state index contributed by atoms with van der Waals surface area (Å²) in [5, 5.41) is 11.9. The van der Waals surface area contributed by atoms with E-state index in [9.17, 15) is 10.0 Å². The normalized spacial score (nSPS) is 12.7. The quantitative estimate of drug-likeness (QED) is 0.655. The van der Waals surface area contributed by atoms with Crippen LogP contribution in [-0.4, -0.2) is 22.3 Å². The van der Waals surface area contributed by atoms with Crippen molar-refractivity contribution in [3.63, 3.8) is 0 Å². The van der Waals surface area contributed by atoms with Crippen LogP contribution in [0.5, 0.6) is 0 Å². The Morgan fingerprint density at radius 1 is 1.45 bits per heavy atom. The lowest BCUT2D eigenvalue weighted by Gasteiger charge is -2.16. The number of hydrogen-bond acceptors (Lipinski definition) is 4. The van der Waals surface area contributed by atoms with Crippen molar-refractivity contribution in [3.8, 4) is 0 Å². The van der Waals surface area contributed by atoms with E-state index in [1.165, 1.54) is 9.75 Å². The van der Waals surface area contributed by atoms with Gasteiger partial charge in [-0.25, -0.2) is 4.79 Å². The van der Waals surface area contributed by atoms with E-state index in [-0.39, 0.29) is 0 Å². The minimum Gasteiger partial charge on any atom is -0.350 e. The maximum absolute atomic E-state index is 10.8. The van der Waals surface area contributed by atoms with Crippen molar-refractivity contribution in [1.82, 2.24) is 5.06 Å². The van der Waals surface area contributed by atoms with E-state index in [4.69, 9.17) is 5.73 Å². The molecule has 2 rings (SSSR count). The highest BCUT2D eigenvalue weighted by Gasteiger charge is 2.11. The molecule has 0 spiro atoms. The van der Waals surface area contributed by atoms with Crippen LogP contribution in [0.2, 0.25) is 0 Å². The zero-order chi connectivity index (χ0) is 14.5. The molecule has 0 unspecified atom stereocenters. The second-order valence-electron chi connectivity index (χ2n) is 4.34. The van der Waals surface area contributed by atoms with E-state index in [2.05, 4.69) is 23.6 Å². The summed E-state index contributed by atoms with van der Waals surface area (Å²) in [6, 6.07) is 7.00. The molecule has 0 aliphatic rings. The second kappa shape index (κ2) is 6.69. The van der Waals surface area contributed by atoms with Gasteiger partial charge in [0.15, 0.2) is 0 Å². The Bertz CT molecular complexity index is 590. The molecule has 0 aliphatic heterocycles. The van der Waals surface area contributed by atoms with Crippen molar-refractivity contribution in [2.24, 2.45) is 5.73 Å². The summed E-state index contributed by atoms with van der Waals surface area (Å²) in [5.41, 5.74) is 4.99. The Morgan fingerprint density at radius 3 is 2.90 bits per heavy atom. The number of amides is 2. The molecule has 0 radical (unpaired) electrons. The lowest BCUT2D eigenvalue weighted by atomic mass is 10.2. The molecule has 6 heteroatoms. The molecule has 1 atom stereocenters. The van der Waals surface area contributed by atoms with Gasteiger partial charge in [-0.1, -0.05) is 12.1 Å². The van der Waals surface area contributed by atoms with Gasteiger partial charge in [-0.2, -0.15) is 5.06 Å². The molecule has 0 aliphatic carbocycles. The van der Waals surface area contributed by atoms with Crippen LogP contribution in [0.15, 0.2) is 35.7 Å². The first kappa shape index (κ1) is 14.8. The van der Waals surface area contributed by atoms with Crippen LogP contribution < -0.4 is 5.73 Å². The molecule has 0 aromatic carbocycles. The molecule has 2 aromatic rings. The molecule has 106 valence electrons. The third-order valence-electron chi connectivity index (χ3n) is 2.76. The first-order valence-electron chi connectivity index (χ1n) is 6.13. The molecular weight excluding hydrogens is 292 g/mol. The summed E-state index contributed by atoms with van der Waals surface area (Å²) < 4.78 is 0. The first-order chi connectivity index (χ1) is 9.56. The summed E-state index contributed by atoms with van der Waals surface area (Å²) in [7, 11) is 0. The highest BCUT2D eigenvalue weighted by Crippen LogP contribution is 2.23. The van der Waals surface area contributed by atoms with E-state index in [0.717, 1.165) is 11.3 Å². The summed E-state index contributed by atoms with van der Waals surface area (Å²) in [6.07, 6.45) is 4.57. The van der Waals surface area contributed by atoms with Crippen molar-refractivity contribution < 1.29 is 10.0 Å². The topological polar surface area (TPSA) is 66.6 Å². The van der Waals surface area contributed by atoms with Crippen molar-refractivity contribution in [1.29, 1.82) is 0 Å². The summed E-state index contributed by atoms with van der Waals surface area (Å²) in [4.78, 5) is 14.5. The van der Waals surface area contributed by atoms with Crippen molar-refractivity contribution >= 4 is 34.8 Å². The Kier molecular flexibility index (Phi) is 4.94. The van der Waals surface area contributed by atoms with E-state index < -0.39 is 12.1 Å². The van der Waals surface area contributed by atoms with E-state index in [0.29, 0.717) is 5.06 Å². The molecule has 0 bridgehead atoms. The summed E-state index contributed by atoms with van der Waals surface area (Å²) >= 11 is 3.45. The van der Waals surface area contributed by atoms with Gasteiger partial charge in [0.25, 0.3) is 0 Å². The van der Waals surface area contributed by atoms with Gasteiger partial charge in [0.05, 0.1) is 6.04 Å². The van der Waals surface area contributed by atoms with Gasteiger partial charge in [-0.3, -0.25) is 5.21 Å². The molecule has 0 fully saturated rings. The SMILES string of the molecule is C[C@H](/C=C\c1ccc(Cc2cccs2)s1)N(O)C(N)=O. The average molecular weight is 308 g/mol. The molecule has 2 amide bonds. The van der Waals surface area contributed by atoms with Gasteiger partial charge in [0, 0.05) is 21.1 Å². The highest BCUT2D eigenvalue weighted by molar-refractivity contribution is 7.13. The third kappa shape index (κ3) is 3.93. The number of carbonyl (C=O) groups excluding carboxylic acids is 1. The zero-order valence-corrected chi connectivity index (χ0v) is 12.7. The number of nitrogens with two attached hydrogens (primary N) is 1. The zero-order valence-electron chi connectivity index (χ0n) is 11.0. The van der Waals surface area contributed by atoms with Gasteiger partial charge >= 0.3 is 6.03 Å². The van der Waals surface area contributed by atoms with Crippen LogP contribution in [0.4, 0.5) is 4.79 Å². The molecule has 4 nitrogen and oxygen atoms in total. The largest absolute Gasteiger partial charge is 0.350 e. The summed E-state index contributed by atoms with van der Waals surface area (Å²) in [6.45, 7) is 1.70. The monoisotopic (exact) mass is 308 g/mol. The minimum atomic E-state index is -0.855. The van der Waals surface area contributed by atoms with Crippen LogP contribution in [0.1, 0.15) is 21.6 Å². The third-order valence-corrected chi connectivity index (χ3v) is 4.69. The lowest BCUT2D eigenvalue weighted by molar-refractivity contribution is -0.0560. The number of hydrogen-bond donors (Lipinski definition) is 2. The number of hydroxylamine groups is 2. The number of urea groups is 1. The molecular formula is C14H16N2O2S2. The van der Waals surface area contributed by atoms with Crippen molar-refractivity contribution in [3.05, 3.63) is 50.4 Å². The molecule has 3 N–H and O–H groups in total. The fourth-order valence-corrected chi connectivity index (χ4v) is 3.45. The Morgan fingerprint density at radius 2 is 2.25 bits per heavy atom. The van der Waals surface area contributed by atoms with Crippen molar-refractivity contribution in [2.75, 3.05) is 0 Å². The Balaban J connectivity index is 1.97. The fourth-order valence-electron chi connectivity index (χ4n) is 1.68. The van der Waals surface area contributed by atoms with Gasteiger partial charge in [-0.05, 0) is 36.6 Å². The number of thiophene rings is 2. The number of primary amides is 1. The average Bonchev–Trinajstić information content (AvgIpc) is 3.07. The predicted molar refractivity (Wildman–Crippen MR) is 83.1 cm³/mol. The lowest BCUT2D eigenvalue weighted by Crippen LogP contribution is -2.38. The van der Waals surface area contributed by atoms with Gasteiger partial charge < -0.3 is 5.73 Å². The number of rotatable bonds is 5. The maximum atomic E-state index is 10.8. The molecule has 2 aromatic heterocycles. The van der Waals surface area contributed by atoms with Gasteiger partial charge in [-0.15, -0.1) is 22.7 Å². The molecule has 2 heterocycles. The van der Waals surface area contributed by atoms with Crippen LogP contribution in [0.25, 0.3) is 6.08 Å². The van der Waals surface area contributed by atoms with E-state index in [1.807, 2.05) is 12.1 Å². The first-order valence-corrected chi connectivity index (χ1v) is 7.82. The minimum absolute atomic E-state index is 0.449. The number of nitrogens with zero attached hydrogens (tertiary/aromatic N) is 1. The van der Waals surface area contributed by atoms with E-state index >= 15 is 0 Å². The van der Waals surface area contributed by atoms with Gasteiger partial charge in [0.1, 0.15) is 0 Å². The van der Waals surface area contributed by atoms with Crippen LogP contribution >= 0.6 is 22.7 Å². The fraction of sp³-hybridized carbons (Fsp3) is 0.214. The van der Waals surface area contributed by atoms with Crippen LogP contribution in [-0.2, 0) is 6.42 Å². The number of carbonyl (C=O) groups is 1.